The number of rotatable bonds is 6. The minimum absolute atomic E-state index is 0.211. The summed E-state index contributed by atoms with van der Waals surface area (Å²) in [6.07, 6.45) is 0.628. The summed E-state index contributed by atoms with van der Waals surface area (Å²) in [6, 6.07) is 9.50. The quantitative estimate of drug-likeness (QED) is 0.774. The highest BCUT2D eigenvalue weighted by atomic mass is 16.6. The molecule has 0 saturated heterocycles. The Labute approximate surface area is 159 Å². The van der Waals surface area contributed by atoms with E-state index in [9.17, 15) is 14.4 Å². The fraction of sp³-hybridized carbons (Fsp3) is 0.450. The molecule has 1 aromatic carbocycles. The molecule has 0 spiro atoms. The van der Waals surface area contributed by atoms with Crippen molar-refractivity contribution in [2.24, 2.45) is 0 Å². The van der Waals surface area contributed by atoms with Crippen molar-refractivity contribution in [1.82, 2.24) is 10.2 Å². The van der Waals surface area contributed by atoms with E-state index < -0.39 is 17.7 Å². The number of amides is 2. The Balaban J connectivity index is 2.22. The average Bonchev–Trinajstić information content (AvgIpc) is 2.57. The summed E-state index contributed by atoms with van der Waals surface area (Å²) in [4.78, 5) is 37.8. The fourth-order valence-electron chi connectivity index (χ4n) is 2.59. The van der Waals surface area contributed by atoms with Gasteiger partial charge in [0.2, 0.25) is 5.91 Å². The molecule has 7 heteroatoms. The van der Waals surface area contributed by atoms with Gasteiger partial charge in [-0.25, -0.2) is 4.79 Å². The second-order valence-electron chi connectivity index (χ2n) is 7.24. The summed E-state index contributed by atoms with van der Waals surface area (Å²) in [5, 5.41) is 2.52. The van der Waals surface area contributed by atoms with Crippen LogP contribution >= 0.6 is 0 Å². The maximum absolute atomic E-state index is 12.7. The third-order valence-corrected chi connectivity index (χ3v) is 3.98. The Morgan fingerprint density at radius 2 is 1.78 bits per heavy atom. The monoisotopic (exact) mass is 374 g/mol. The lowest BCUT2D eigenvalue weighted by molar-refractivity contribution is -0.140. The Morgan fingerprint density at radius 1 is 1.11 bits per heavy atom. The van der Waals surface area contributed by atoms with Crippen molar-refractivity contribution >= 4 is 18.0 Å². The first kappa shape index (κ1) is 20.5. The number of carbonyl (C=O) groups is 3. The van der Waals surface area contributed by atoms with Crippen LogP contribution in [0.3, 0.4) is 0 Å². The van der Waals surface area contributed by atoms with Gasteiger partial charge in [-0.1, -0.05) is 30.3 Å². The first-order valence-corrected chi connectivity index (χ1v) is 8.82. The predicted molar refractivity (Wildman–Crippen MR) is 99.5 cm³/mol. The molecular weight excluding hydrogens is 348 g/mol. The van der Waals surface area contributed by atoms with E-state index in [2.05, 4.69) is 10.1 Å². The van der Waals surface area contributed by atoms with Crippen molar-refractivity contribution in [1.29, 1.82) is 0 Å². The molecule has 146 valence electrons. The smallest absolute Gasteiger partial charge is 0.414 e. The highest BCUT2D eigenvalue weighted by Crippen LogP contribution is 2.33. The van der Waals surface area contributed by atoms with Gasteiger partial charge in [0.05, 0.1) is 13.7 Å². The lowest BCUT2D eigenvalue weighted by Crippen LogP contribution is -2.41. The molecule has 7 nitrogen and oxygen atoms in total. The molecule has 0 fully saturated rings. The van der Waals surface area contributed by atoms with Gasteiger partial charge >= 0.3 is 12.1 Å². The number of esters is 1. The zero-order valence-electron chi connectivity index (χ0n) is 16.2. The number of benzene rings is 1. The largest absolute Gasteiger partial charge is 0.468 e. The van der Waals surface area contributed by atoms with Gasteiger partial charge in [-0.05, 0) is 39.2 Å². The number of carbonyl (C=O) groups excluding carboxylic acids is 3. The zero-order chi connectivity index (χ0) is 20.0. The van der Waals surface area contributed by atoms with Crippen molar-refractivity contribution in [2.45, 2.75) is 45.8 Å². The topological polar surface area (TPSA) is 84.9 Å². The van der Waals surface area contributed by atoms with Crippen LogP contribution in [-0.4, -0.2) is 42.1 Å². The van der Waals surface area contributed by atoms with Crippen LogP contribution in [0.2, 0.25) is 0 Å². The Kier molecular flexibility index (Phi) is 6.60. The number of nitrogens with one attached hydrogen (secondary N) is 1. The summed E-state index contributed by atoms with van der Waals surface area (Å²) < 4.78 is 10.0. The van der Waals surface area contributed by atoms with Crippen LogP contribution in [0.1, 0.15) is 39.2 Å². The molecule has 1 aromatic rings. The van der Waals surface area contributed by atoms with Crippen molar-refractivity contribution in [2.75, 3.05) is 13.7 Å². The third kappa shape index (κ3) is 5.84. The van der Waals surface area contributed by atoms with E-state index in [1.54, 1.807) is 20.8 Å². The number of ether oxygens (including phenoxy) is 2. The molecule has 0 radical (unpaired) electrons. The summed E-state index contributed by atoms with van der Waals surface area (Å²) in [6.45, 7) is 5.48. The zero-order valence-corrected chi connectivity index (χ0v) is 16.2. The lowest BCUT2D eigenvalue weighted by Gasteiger charge is -2.34. The first-order valence-electron chi connectivity index (χ1n) is 8.82. The SMILES string of the molecule is COC(=O)CNC(=O)C1=C(N(Cc2ccccc2)C(=O)OC(C)(C)C)CC1. The minimum atomic E-state index is -0.649. The minimum Gasteiger partial charge on any atom is -0.468 e. The van der Waals surface area contributed by atoms with Crippen molar-refractivity contribution in [3.05, 3.63) is 47.2 Å². The summed E-state index contributed by atoms with van der Waals surface area (Å²) in [7, 11) is 1.26. The van der Waals surface area contributed by atoms with E-state index in [-0.39, 0.29) is 12.5 Å². The molecule has 0 heterocycles. The normalized spacial score (nSPS) is 13.5. The number of allylic oxidation sites excluding steroid dienone is 1. The molecule has 0 atom stereocenters. The number of methoxy groups -OCH3 is 1. The molecule has 0 unspecified atom stereocenters. The summed E-state index contributed by atoms with van der Waals surface area (Å²) in [5.74, 6) is -0.902. The predicted octanol–water partition coefficient (Wildman–Crippen LogP) is 2.76. The molecule has 0 bridgehead atoms. The lowest BCUT2D eigenvalue weighted by atomic mass is 9.92. The Hall–Kier alpha value is -2.83. The van der Waals surface area contributed by atoms with Crippen LogP contribution in [0.15, 0.2) is 41.6 Å². The van der Waals surface area contributed by atoms with Gasteiger partial charge in [0.15, 0.2) is 0 Å². The molecule has 27 heavy (non-hydrogen) atoms. The van der Waals surface area contributed by atoms with Gasteiger partial charge in [0.25, 0.3) is 0 Å². The van der Waals surface area contributed by atoms with Gasteiger partial charge < -0.3 is 14.8 Å². The highest BCUT2D eigenvalue weighted by Gasteiger charge is 2.33. The van der Waals surface area contributed by atoms with E-state index in [4.69, 9.17) is 4.74 Å². The van der Waals surface area contributed by atoms with Gasteiger partial charge in [-0.15, -0.1) is 0 Å². The van der Waals surface area contributed by atoms with Gasteiger partial charge in [-0.2, -0.15) is 0 Å². The van der Waals surface area contributed by atoms with Crippen LogP contribution in [0.4, 0.5) is 4.79 Å². The van der Waals surface area contributed by atoms with E-state index in [0.717, 1.165) is 5.56 Å². The maximum Gasteiger partial charge on any atom is 0.414 e. The van der Waals surface area contributed by atoms with Crippen LogP contribution < -0.4 is 5.32 Å². The maximum atomic E-state index is 12.7. The average molecular weight is 374 g/mol. The second kappa shape index (κ2) is 8.70. The van der Waals surface area contributed by atoms with Gasteiger partial charge in [0, 0.05) is 11.3 Å². The number of hydrogen-bond acceptors (Lipinski definition) is 5. The van der Waals surface area contributed by atoms with Crippen molar-refractivity contribution in [3.8, 4) is 0 Å². The molecule has 1 aliphatic carbocycles. The van der Waals surface area contributed by atoms with E-state index in [0.29, 0.717) is 30.7 Å². The highest BCUT2D eigenvalue weighted by molar-refractivity contribution is 5.97. The van der Waals surface area contributed by atoms with E-state index in [1.165, 1.54) is 12.0 Å². The van der Waals surface area contributed by atoms with E-state index in [1.807, 2.05) is 30.3 Å². The summed E-state index contributed by atoms with van der Waals surface area (Å²) >= 11 is 0. The molecule has 2 rings (SSSR count). The molecule has 2 amide bonds. The van der Waals surface area contributed by atoms with Crippen molar-refractivity contribution in [3.63, 3.8) is 0 Å². The van der Waals surface area contributed by atoms with Crippen LogP contribution in [0, 0.1) is 0 Å². The van der Waals surface area contributed by atoms with Crippen LogP contribution in [0.5, 0.6) is 0 Å². The molecule has 0 aliphatic heterocycles. The van der Waals surface area contributed by atoms with Crippen LogP contribution in [0.25, 0.3) is 0 Å². The fourth-order valence-corrected chi connectivity index (χ4v) is 2.59. The Morgan fingerprint density at radius 3 is 2.30 bits per heavy atom. The molecule has 1 aliphatic rings. The first-order chi connectivity index (χ1) is 12.7. The third-order valence-electron chi connectivity index (χ3n) is 3.98. The van der Waals surface area contributed by atoms with Crippen molar-refractivity contribution < 1.29 is 23.9 Å². The van der Waals surface area contributed by atoms with Gasteiger partial charge in [-0.3, -0.25) is 14.5 Å². The molecular formula is C20H26N2O5. The molecule has 1 N–H and O–H groups in total. The Bertz CT molecular complexity index is 734. The number of hydrogen-bond donors (Lipinski definition) is 1. The molecule has 0 aromatic heterocycles. The molecule has 0 saturated carbocycles. The summed E-state index contributed by atoms with van der Waals surface area (Å²) in [5.41, 5.74) is 1.39. The standard InChI is InChI=1S/C20H26N2O5/c1-20(2,3)27-19(25)22(13-14-8-6-5-7-9-14)16-11-10-15(16)18(24)21-12-17(23)26-4/h5-9H,10-13H2,1-4H3,(H,21,24). The van der Waals surface area contributed by atoms with Gasteiger partial charge in [0.1, 0.15) is 12.1 Å². The number of nitrogens with zero attached hydrogens (tertiary/aromatic N) is 1. The van der Waals surface area contributed by atoms with E-state index >= 15 is 0 Å². The van der Waals surface area contributed by atoms with Crippen LogP contribution in [-0.2, 0) is 25.6 Å². The second-order valence-corrected chi connectivity index (χ2v) is 7.24.